The number of halogens is 3. The Morgan fingerprint density at radius 3 is 2.81 bits per heavy atom. The molecule has 0 bridgehead atoms. The number of aryl methyl sites for hydroxylation is 3. The number of alkyl halides is 3. The van der Waals surface area contributed by atoms with E-state index in [1.165, 1.54) is 0 Å². The van der Waals surface area contributed by atoms with Crippen molar-refractivity contribution in [2.45, 2.75) is 44.9 Å². The van der Waals surface area contributed by atoms with E-state index in [0.717, 1.165) is 5.82 Å². The molecule has 0 amide bonds. The minimum Gasteiger partial charge on any atom is -0.337 e. The molecule has 1 aliphatic rings. The lowest BCUT2D eigenvalue weighted by atomic mass is 10.00. The third-order valence-electron chi connectivity index (χ3n) is 3.94. The standard InChI is InChI=1S/C13H16F3N5/c14-13(15,16)10-1-2-11-18-19-12(21(11)7-3-10)4-6-20-8-5-17-9-20/h5,8-10H,1-4,6-7H2. The van der Waals surface area contributed by atoms with Gasteiger partial charge in [-0.25, -0.2) is 4.98 Å². The monoisotopic (exact) mass is 299 g/mol. The number of nitrogens with zero attached hydrogens (tertiary/aromatic N) is 5. The maximum Gasteiger partial charge on any atom is 0.391 e. The zero-order valence-electron chi connectivity index (χ0n) is 11.4. The van der Waals surface area contributed by atoms with E-state index in [2.05, 4.69) is 15.2 Å². The molecule has 114 valence electrons. The fraction of sp³-hybridized carbons (Fsp3) is 0.615. The number of fused-ring (bicyclic) bond motifs is 1. The summed E-state index contributed by atoms with van der Waals surface area (Å²) < 4.78 is 42.3. The molecule has 0 fully saturated rings. The number of hydrogen-bond acceptors (Lipinski definition) is 3. The van der Waals surface area contributed by atoms with Crippen LogP contribution in [0.1, 0.15) is 24.5 Å². The minimum absolute atomic E-state index is 0.100. The highest BCUT2D eigenvalue weighted by Gasteiger charge is 2.40. The summed E-state index contributed by atoms with van der Waals surface area (Å²) >= 11 is 0. The van der Waals surface area contributed by atoms with E-state index >= 15 is 0 Å². The molecule has 3 heterocycles. The Morgan fingerprint density at radius 1 is 1.24 bits per heavy atom. The summed E-state index contributed by atoms with van der Waals surface area (Å²) in [6.45, 7) is 1.03. The van der Waals surface area contributed by atoms with Crippen LogP contribution in [0.15, 0.2) is 18.7 Å². The van der Waals surface area contributed by atoms with Gasteiger partial charge in [-0.15, -0.1) is 10.2 Å². The molecule has 1 atom stereocenters. The average Bonchev–Trinajstić information content (AvgIpc) is 3.00. The molecular weight excluding hydrogens is 283 g/mol. The van der Waals surface area contributed by atoms with Crippen LogP contribution in [0.2, 0.25) is 0 Å². The lowest BCUT2D eigenvalue weighted by molar-refractivity contribution is -0.177. The van der Waals surface area contributed by atoms with E-state index in [4.69, 9.17) is 0 Å². The van der Waals surface area contributed by atoms with Gasteiger partial charge in [0.1, 0.15) is 11.6 Å². The maximum atomic E-state index is 12.8. The van der Waals surface area contributed by atoms with Gasteiger partial charge in [0.15, 0.2) is 0 Å². The summed E-state index contributed by atoms with van der Waals surface area (Å²) in [5, 5.41) is 8.18. The number of aromatic nitrogens is 5. The molecule has 0 saturated heterocycles. The highest BCUT2D eigenvalue weighted by atomic mass is 19.4. The Morgan fingerprint density at radius 2 is 2.10 bits per heavy atom. The number of rotatable bonds is 3. The second kappa shape index (κ2) is 5.50. The Kier molecular flexibility index (Phi) is 3.69. The second-order valence-corrected chi connectivity index (χ2v) is 5.30. The molecule has 0 N–H and O–H groups in total. The van der Waals surface area contributed by atoms with Crippen LogP contribution in [0, 0.1) is 5.92 Å². The molecule has 0 radical (unpaired) electrons. The van der Waals surface area contributed by atoms with E-state index in [1.54, 1.807) is 12.5 Å². The van der Waals surface area contributed by atoms with Crippen molar-refractivity contribution in [3.63, 3.8) is 0 Å². The SMILES string of the molecule is FC(F)(F)C1CCc2nnc(CCn3ccnc3)n2CC1. The summed E-state index contributed by atoms with van der Waals surface area (Å²) in [7, 11) is 0. The smallest absolute Gasteiger partial charge is 0.337 e. The van der Waals surface area contributed by atoms with Crippen molar-refractivity contribution in [1.82, 2.24) is 24.3 Å². The Balaban J connectivity index is 1.69. The first-order valence-electron chi connectivity index (χ1n) is 6.97. The molecule has 1 unspecified atom stereocenters. The van der Waals surface area contributed by atoms with Gasteiger partial charge >= 0.3 is 6.18 Å². The molecule has 0 spiro atoms. The van der Waals surface area contributed by atoms with Gasteiger partial charge in [0, 0.05) is 38.3 Å². The number of imidazole rings is 1. The van der Waals surface area contributed by atoms with Crippen molar-refractivity contribution in [3.8, 4) is 0 Å². The topological polar surface area (TPSA) is 48.5 Å². The quantitative estimate of drug-likeness (QED) is 0.873. The van der Waals surface area contributed by atoms with Gasteiger partial charge in [-0.2, -0.15) is 13.2 Å². The molecule has 1 aliphatic heterocycles. The van der Waals surface area contributed by atoms with Gasteiger partial charge in [-0.1, -0.05) is 0 Å². The normalized spacial score (nSPS) is 19.3. The summed E-state index contributed by atoms with van der Waals surface area (Å²) in [6.07, 6.45) is 2.31. The first-order valence-corrected chi connectivity index (χ1v) is 6.97. The molecule has 8 heteroatoms. The van der Waals surface area contributed by atoms with Crippen LogP contribution >= 0.6 is 0 Å². The highest BCUT2D eigenvalue weighted by molar-refractivity contribution is 4.99. The summed E-state index contributed by atoms with van der Waals surface area (Å²) in [6, 6.07) is 0. The molecule has 5 nitrogen and oxygen atoms in total. The van der Waals surface area contributed by atoms with Crippen molar-refractivity contribution in [2.24, 2.45) is 5.92 Å². The van der Waals surface area contributed by atoms with Crippen LogP contribution in [0.5, 0.6) is 0 Å². The van der Waals surface area contributed by atoms with E-state index in [9.17, 15) is 13.2 Å². The van der Waals surface area contributed by atoms with Crippen molar-refractivity contribution in [3.05, 3.63) is 30.4 Å². The molecule has 0 saturated carbocycles. The van der Waals surface area contributed by atoms with Crippen molar-refractivity contribution >= 4 is 0 Å². The molecule has 3 rings (SSSR count). The second-order valence-electron chi connectivity index (χ2n) is 5.30. The molecule has 21 heavy (non-hydrogen) atoms. The summed E-state index contributed by atoms with van der Waals surface area (Å²) in [4.78, 5) is 3.96. The molecule has 0 aromatic carbocycles. The summed E-state index contributed by atoms with van der Waals surface area (Å²) in [5.74, 6) is 0.185. The van der Waals surface area contributed by atoms with E-state index in [-0.39, 0.29) is 12.8 Å². The Labute approximate surface area is 119 Å². The Hall–Kier alpha value is -1.86. The lowest BCUT2D eigenvalue weighted by Gasteiger charge is -2.17. The van der Waals surface area contributed by atoms with Gasteiger partial charge in [0.25, 0.3) is 0 Å². The summed E-state index contributed by atoms with van der Waals surface area (Å²) in [5.41, 5.74) is 0. The largest absolute Gasteiger partial charge is 0.391 e. The predicted molar refractivity (Wildman–Crippen MR) is 68.4 cm³/mol. The fourth-order valence-electron chi connectivity index (χ4n) is 2.71. The van der Waals surface area contributed by atoms with Gasteiger partial charge in [0.2, 0.25) is 0 Å². The van der Waals surface area contributed by atoms with Gasteiger partial charge in [-0.3, -0.25) is 0 Å². The molecule has 2 aromatic rings. The predicted octanol–water partition coefficient (Wildman–Crippen LogP) is 2.23. The van der Waals surface area contributed by atoms with Crippen LogP contribution in [0.25, 0.3) is 0 Å². The maximum absolute atomic E-state index is 12.8. The molecule has 2 aromatic heterocycles. The van der Waals surface area contributed by atoms with Gasteiger partial charge in [0.05, 0.1) is 12.2 Å². The third-order valence-corrected chi connectivity index (χ3v) is 3.94. The zero-order valence-corrected chi connectivity index (χ0v) is 11.4. The zero-order chi connectivity index (χ0) is 14.9. The van der Waals surface area contributed by atoms with Crippen molar-refractivity contribution < 1.29 is 13.2 Å². The molecular formula is C13H16F3N5. The van der Waals surface area contributed by atoms with E-state index < -0.39 is 12.1 Å². The average molecular weight is 299 g/mol. The van der Waals surface area contributed by atoms with Crippen LogP contribution in [0.3, 0.4) is 0 Å². The minimum atomic E-state index is -4.12. The van der Waals surface area contributed by atoms with Gasteiger partial charge < -0.3 is 9.13 Å². The van der Waals surface area contributed by atoms with E-state index in [0.29, 0.717) is 31.8 Å². The van der Waals surface area contributed by atoms with Crippen LogP contribution < -0.4 is 0 Å². The van der Waals surface area contributed by atoms with E-state index in [1.807, 2.05) is 15.3 Å². The van der Waals surface area contributed by atoms with Crippen LogP contribution in [-0.4, -0.2) is 30.5 Å². The first kappa shape index (κ1) is 14.1. The Bertz CT molecular complexity index is 587. The van der Waals surface area contributed by atoms with Crippen molar-refractivity contribution in [2.75, 3.05) is 0 Å². The fourth-order valence-corrected chi connectivity index (χ4v) is 2.71. The van der Waals surface area contributed by atoms with Crippen molar-refractivity contribution in [1.29, 1.82) is 0 Å². The van der Waals surface area contributed by atoms with Gasteiger partial charge in [-0.05, 0) is 12.8 Å². The van der Waals surface area contributed by atoms with Crippen LogP contribution in [-0.2, 0) is 25.9 Å². The molecule has 0 aliphatic carbocycles. The first-order chi connectivity index (χ1) is 10.0. The lowest BCUT2D eigenvalue weighted by Crippen LogP contribution is -2.23. The highest BCUT2D eigenvalue weighted by Crippen LogP contribution is 2.34. The number of hydrogen-bond donors (Lipinski definition) is 0. The third kappa shape index (κ3) is 3.08. The van der Waals surface area contributed by atoms with Crippen LogP contribution in [0.4, 0.5) is 13.2 Å².